The summed E-state index contributed by atoms with van der Waals surface area (Å²) in [5.74, 6) is -0.166. The molecule has 0 radical (unpaired) electrons. The van der Waals surface area contributed by atoms with Crippen LogP contribution in [0.4, 0.5) is 41.1 Å². The standard InChI is InChI=1S/C18H24FN3O4.C18H26FN3O2/c1-18(2,3)26-17(23)21-10-8-12-7-9-20(11-15(12)21)16-13(19)5-4-6-14(16)22(24)25;1-18(2,3)24-17(23)22-10-8-12-7-9-21(11-15(12)22)16-13(19)5-4-6-14(16)20/h4-6,12,15H,7-11H2,1-3H3;4-6,12,15H,7-11,20H2,1-3H3. The van der Waals surface area contributed by atoms with Gasteiger partial charge in [0.25, 0.3) is 5.69 Å². The molecule has 2 amide bonds. The SMILES string of the molecule is CC(C)(C)OC(=O)N1CCC2CCN(c3c(F)cccc3[N+](=O)[O-])CC21.CC(C)(C)OC(=O)N1CCC2CCN(c3c(N)cccc3F)CC21. The fraction of sp³-hybridized carbons (Fsp3) is 0.611. The van der Waals surface area contributed by atoms with Gasteiger partial charge in [0.05, 0.1) is 28.4 Å². The minimum absolute atomic E-state index is 0.00647. The summed E-state index contributed by atoms with van der Waals surface area (Å²) in [5.41, 5.74) is 5.53. The minimum Gasteiger partial charge on any atom is -0.444 e. The average Bonchev–Trinajstić information content (AvgIpc) is 3.63. The number of nitrogen functional groups attached to an aromatic ring is 1. The number of halogens is 2. The van der Waals surface area contributed by atoms with E-state index in [1.807, 2.05) is 46.4 Å². The van der Waals surface area contributed by atoms with Gasteiger partial charge < -0.3 is 34.8 Å². The van der Waals surface area contributed by atoms with Gasteiger partial charge in [-0.2, -0.15) is 0 Å². The number of nitrogens with two attached hydrogens (primary N) is 1. The molecule has 0 aromatic heterocycles. The first kappa shape index (κ1) is 36.9. The van der Waals surface area contributed by atoms with E-state index >= 15 is 0 Å². The van der Waals surface area contributed by atoms with Gasteiger partial charge in [-0.15, -0.1) is 0 Å². The number of likely N-dealkylation sites (tertiary alicyclic amines) is 2. The Labute approximate surface area is 292 Å². The second-order valence-electron chi connectivity index (χ2n) is 15.6. The fourth-order valence-electron chi connectivity index (χ4n) is 7.61. The summed E-state index contributed by atoms with van der Waals surface area (Å²) in [6.07, 6.45) is 2.88. The first-order chi connectivity index (χ1) is 23.4. The number of piperidine rings is 2. The molecule has 4 aliphatic heterocycles. The normalized spacial score (nSPS) is 23.4. The van der Waals surface area contributed by atoms with Crippen LogP contribution in [0.3, 0.4) is 0 Å². The highest BCUT2D eigenvalue weighted by Crippen LogP contribution is 2.39. The molecule has 4 atom stereocenters. The largest absolute Gasteiger partial charge is 0.444 e. The minimum atomic E-state index is -0.612. The van der Waals surface area contributed by atoms with Crippen molar-refractivity contribution >= 4 is 34.9 Å². The number of carbonyl (C=O) groups excluding carboxylic acids is 2. The zero-order chi connectivity index (χ0) is 36.5. The van der Waals surface area contributed by atoms with Crippen LogP contribution < -0.4 is 15.5 Å². The quantitative estimate of drug-likeness (QED) is 0.208. The van der Waals surface area contributed by atoms with Crippen molar-refractivity contribution in [2.75, 3.05) is 54.8 Å². The molecule has 50 heavy (non-hydrogen) atoms. The Bertz CT molecular complexity index is 1560. The predicted molar refractivity (Wildman–Crippen MR) is 187 cm³/mol. The monoisotopic (exact) mass is 700 g/mol. The maximum Gasteiger partial charge on any atom is 0.410 e. The van der Waals surface area contributed by atoms with Gasteiger partial charge in [0.15, 0.2) is 11.5 Å². The molecule has 4 unspecified atom stereocenters. The van der Waals surface area contributed by atoms with Crippen LogP contribution in [0.1, 0.15) is 67.2 Å². The molecule has 0 saturated carbocycles. The third-order valence-corrected chi connectivity index (χ3v) is 9.79. The van der Waals surface area contributed by atoms with Crippen molar-refractivity contribution in [3.63, 3.8) is 0 Å². The summed E-state index contributed by atoms with van der Waals surface area (Å²) in [6.45, 7) is 14.6. The van der Waals surface area contributed by atoms with Gasteiger partial charge in [-0.25, -0.2) is 18.4 Å². The molecule has 12 nitrogen and oxygen atoms in total. The molecule has 4 heterocycles. The van der Waals surface area contributed by atoms with Gasteiger partial charge in [-0.05, 0) is 97.3 Å². The van der Waals surface area contributed by atoms with Crippen LogP contribution in [-0.2, 0) is 9.47 Å². The lowest BCUT2D eigenvalue weighted by Gasteiger charge is -2.40. The van der Waals surface area contributed by atoms with Gasteiger partial charge in [-0.3, -0.25) is 10.1 Å². The maximum absolute atomic E-state index is 14.4. The highest BCUT2D eigenvalue weighted by molar-refractivity contribution is 5.71. The summed E-state index contributed by atoms with van der Waals surface area (Å²) in [7, 11) is 0. The number of nitro groups is 1. The number of benzene rings is 2. The predicted octanol–water partition coefficient (Wildman–Crippen LogP) is 6.81. The first-order valence-electron chi connectivity index (χ1n) is 17.4. The van der Waals surface area contributed by atoms with E-state index < -0.39 is 21.9 Å². The molecule has 14 heteroatoms. The van der Waals surface area contributed by atoms with E-state index in [-0.39, 0.29) is 41.5 Å². The average molecular weight is 701 g/mol. The molecule has 4 aliphatic rings. The van der Waals surface area contributed by atoms with E-state index in [1.165, 1.54) is 24.3 Å². The topological polar surface area (TPSA) is 135 Å². The molecule has 0 aliphatic carbocycles. The molecule has 2 aromatic carbocycles. The van der Waals surface area contributed by atoms with E-state index in [2.05, 4.69) is 0 Å². The number of nitrogens with zero attached hydrogens (tertiary/aromatic N) is 5. The van der Waals surface area contributed by atoms with Crippen molar-refractivity contribution in [3.05, 3.63) is 58.1 Å². The van der Waals surface area contributed by atoms with Crippen LogP contribution >= 0.6 is 0 Å². The summed E-state index contributed by atoms with van der Waals surface area (Å²) < 4.78 is 39.6. The van der Waals surface area contributed by atoms with Crippen LogP contribution in [0.15, 0.2) is 36.4 Å². The number of fused-ring (bicyclic) bond motifs is 2. The number of ether oxygens (including phenoxy) is 2. The number of carbonyl (C=O) groups is 2. The van der Waals surface area contributed by atoms with E-state index in [1.54, 1.807) is 26.8 Å². The van der Waals surface area contributed by atoms with Gasteiger partial charge in [0, 0.05) is 45.3 Å². The Kier molecular flexibility index (Phi) is 10.7. The van der Waals surface area contributed by atoms with Gasteiger partial charge in [-0.1, -0.05) is 12.1 Å². The highest BCUT2D eigenvalue weighted by atomic mass is 19.1. The third kappa shape index (κ3) is 8.32. The van der Waals surface area contributed by atoms with Crippen molar-refractivity contribution in [3.8, 4) is 0 Å². The molecule has 4 saturated heterocycles. The second-order valence-corrected chi connectivity index (χ2v) is 15.6. The van der Waals surface area contributed by atoms with Gasteiger partial charge in [0.1, 0.15) is 17.0 Å². The van der Waals surface area contributed by atoms with E-state index in [0.29, 0.717) is 55.9 Å². The number of para-hydroxylation sites is 2. The Morgan fingerprint density at radius 3 is 1.60 bits per heavy atom. The number of amides is 2. The summed E-state index contributed by atoms with van der Waals surface area (Å²) in [5, 5.41) is 11.3. The summed E-state index contributed by atoms with van der Waals surface area (Å²) in [4.78, 5) is 42.9. The first-order valence-corrected chi connectivity index (χ1v) is 17.4. The lowest BCUT2D eigenvalue weighted by Crippen LogP contribution is -2.51. The number of rotatable bonds is 3. The molecular weight excluding hydrogens is 650 g/mol. The zero-order valence-corrected chi connectivity index (χ0v) is 29.9. The highest BCUT2D eigenvalue weighted by Gasteiger charge is 2.44. The summed E-state index contributed by atoms with van der Waals surface area (Å²) >= 11 is 0. The molecular formula is C36H50F2N6O6. The lowest BCUT2D eigenvalue weighted by molar-refractivity contribution is -0.384. The van der Waals surface area contributed by atoms with Crippen LogP contribution in [-0.4, -0.2) is 89.5 Å². The van der Waals surface area contributed by atoms with Crippen LogP contribution in [0, 0.1) is 33.6 Å². The van der Waals surface area contributed by atoms with Crippen LogP contribution in [0.2, 0.25) is 0 Å². The molecule has 0 spiro atoms. The van der Waals surface area contributed by atoms with E-state index in [9.17, 15) is 28.5 Å². The Balaban J connectivity index is 0.000000195. The summed E-state index contributed by atoms with van der Waals surface area (Å²) in [6, 6.07) is 8.56. The Morgan fingerprint density at radius 1 is 0.740 bits per heavy atom. The van der Waals surface area contributed by atoms with E-state index in [4.69, 9.17) is 15.2 Å². The third-order valence-electron chi connectivity index (χ3n) is 9.79. The van der Waals surface area contributed by atoms with Crippen LogP contribution in [0.5, 0.6) is 0 Å². The van der Waals surface area contributed by atoms with Crippen molar-refractivity contribution in [1.29, 1.82) is 0 Å². The number of hydrogen-bond donors (Lipinski definition) is 1. The van der Waals surface area contributed by atoms with Crippen LogP contribution in [0.25, 0.3) is 0 Å². The second kappa shape index (κ2) is 14.5. The lowest BCUT2D eigenvalue weighted by atomic mass is 9.91. The zero-order valence-electron chi connectivity index (χ0n) is 29.9. The fourth-order valence-corrected chi connectivity index (χ4v) is 7.61. The molecule has 274 valence electrons. The Morgan fingerprint density at radius 2 is 1.16 bits per heavy atom. The molecule has 2 aromatic rings. The van der Waals surface area contributed by atoms with Crippen molar-refractivity contribution in [2.45, 2.75) is 90.5 Å². The molecule has 6 rings (SSSR count). The number of hydrogen-bond acceptors (Lipinski definition) is 9. The molecule has 4 fully saturated rings. The number of anilines is 3. The number of nitro benzene ring substituents is 1. The van der Waals surface area contributed by atoms with Crippen molar-refractivity contribution < 1.29 is 32.8 Å². The molecule has 0 bridgehead atoms. The van der Waals surface area contributed by atoms with Crippen molar-refractivity contribution in [2.24, 2.45) is 11.8 Å². The van der Waals surface area contributed by atoms with E-state index in [0.717, 1.165) is 32.2 Å². The van der Waals surface area contributed by atoms with Gasteiger partial charge in [0.2, 0.25) is 0 Å². The molecule has 2 N–H and O–H groups in total. The Hall–Kier alpha value is -4.36. The maximum atomic E-state index is 14.4. The van der Waals surface area contributed by atoms with Crippen molar-refractivity contribution in [1.82, 2.24) is 9.80 Å². The smallest absolute Gasteiger partial charge is 0.410 e. The van der Waals surface area contributed by atoms with Gasteiger partial charge >= 0.3 is 12.2 Å².